The van der Waals surface area contributed by atoms with Crippen LogP contribution in [0.25, 0.3) is 0 Å². The lowest BCUT2D eigenvalue weighted by molar-refractivity contribution is -0.121. The maximum Gasteiger partial charge on any atom is 0.221 e. The van der Waals surface area contributed by atoms with Crippen molar-refractivity contribution in [2.24, 2.45) is 0 Å². The van der Waals surface area contributed by atoms with Gasteiger partial charge in [-0.1, -0.05) is 6.92 Å². The quantitative estimate of drug-likeness (QED) is 0.729. The van der Waals surface area contributed by atoms with Crippen LogP contribution in [0.15, 0.2) is 5.38 Å². The van der Waals surface area contributed by atoms with Crippen LogP contribution in [-0.4, -0.2) is 23.5 Å². The van der Waals surface area contributed by atoms with E-state index in [0.29, 0.717) is 13.0 Å². The van der Waals surface area contributed by atoms with E-state index in [1.807, 2.05) is 13.8 Å². The van der Waals surface area contributed by atoms with Crippen molar-refractivity contribution < 1.29 is 4.79 Å². The van der Waals surface area contributed by atoms with E-state index in [4.69, 9.17) is 0 Å². The first-order valence-electron chi connectivity index (χ1n) is 6.05. The molecule has 17 heavy (non-hydrogen) atoms. The van der Waals surface area contributed by atoms with Crippen molar-refractivity contribution >= 4 is 17.2 Å². The van der Waals surface area contributed by atoms with Crippen LogP contribution in [0.2, 0.25) is 0 Å². The van der Waals surface area contributed by atoms with E-state index in [1.165, 1.54) is 5.01 Å². The monoisotopic (exact) mass is 255 g/mol. The predicted molar refractivity (Wildman–Crippen MR) is 71.1 cm³/mol. The fourth-order valence-corrected chi connectivity index (χ4v) is 2.15. The van der Waals surface area contributed by atoms with Crippen molar-refractivity contribution in [3.05, 3.63) is 16.1 Å². The van der Waals surface area contributed by atoms with Gasteiger partial charge in [-0.2, -0.15) is 0 Å². The van der Waals surface area contributed by atoms with Gasteiger partial charge in [0.25, 0.3) is 0 Å². The minimum atomic E-state index is 0.0972. The molecule has 1 amide bonds. The van der Waals surface area contributed by atoms with E-state index in [1.54, 1.807) is 11.3 Å². The van der Waals surface area contributed by atoms with Crippen molar-refractivity contribution in [2.75, 3.05) is 6.54 Å². The molecule has 0 aromatic carbocycles. The molecule has 4 nitrogen and oxygen atoms in total. The third-order valence-corrected chi connectivity index (χ3v) is 3.23. The lowest BCUT2D eigenvalue weighted by Crippen LogP contribution is -2.32. The summed E-state index contributed by atoms with van der Waals surface area (Å²) in [4.78, 5) is 15.8. The Bertz CT molecular complexity index is 349. The molecule has 1 heterocycles. The third kappa shape index (κ3) is 5.79. The molecule has 1 rings (SSSR count). The number of carbonyl (C=O) groups is 1. The largest absolute Gasteiger partial charge is 0.354 e. The molecule has 0 saturated carbocycles. The summed E-state index contributed by atoms with van der Waals surface area (Å²) in [7, 11) is 0. The molecule has 0 radical (unpaired) electrons. The molecule has 0 saturated heterocycles. The predicted octanol–water partition coefficient (Wildman–Crippen LogP) is 1.71. The third-order valence-electron chi connectivity index (χ3n) is 2.19. The summed E-state index contributed by atoms with van der Waals surface area (Å²) in [5.41, 5.74) is 1.07. The Morgan fingerprint density at radius 3 is 2.88 bits per heavy atom. The molecule has 0 atom stereocenters. The minimum Gasteiger partial charge on any atom is -0.354 e. The maximum absolute atomic E-state index is 11.4. The van der Waals surface area contributed by atoms with E-state index in [9.17, 15) is 4.79 Å². The molecule has 2 N–H and O–H groups in total. The second kappa shape index (κ2) is 7.40. The SMILES string of the molecule is CCc1nc(CNCCC(=O)NC(C)C)cs1. The Kier molecular flexibility index (Phi) is 6.15. The number of nitrogens with one attached hydrogen (secondary N) is 2. The van der Waals surface area contributed by atoms with Gasteiger partial charge >= 0.3 is 0 Å². The summed E-state index contributed by atoms with van der Waals surface area (Å²) >= 11 is 1.69. The maximum atomic E-state index is 11.4. The second-order valence-electron chi connectivity index (χ2n) is 4.24. The normalized spacial score (nSPS) is 10.8. The highest BCUT2D eigenvalue weighted by Gasteiger charge is 2.03. The van der Waals surface area contributed by atoms with Crippen molar-refractivity contribution in [3.8, 4) is 0 Å². The average Bonchev–Trinajstić information content (AvgIpc) is 2.71. The molecule has 1 aromatic heterocycles. The van der Waals surface area contributed by atoms with Gasteiger partial charge in [0.05, 0.1) is 10.7 Å². The van der Waals surface area contributed by atoms with Crippen molar-refractivity contribution in [3.63, 3.8) is 0 Å². The smallest absolute Gasteiger partial charge is 0.221 e. The Morgan fingerprint density at radius 2 is 2.29 bits per heavy atom. The van der Waals surface area contributed by atoms with E-state index in [0.717, 1.165) is 18.7 Å². The van der Waals surface area contributed by atoms with Gasteiger partial charge in [-0.25, -0.2) is 4.98 Å². The summed E-state index contributed by atoms with van der Waals surface area (Å²) in [6.45, 7) is 7.47. The van der Waals surface area contributed by atoms with Crippen LogP contribution < -0.4 is 10.6 Å². The summed E-state index contributed by atoms with van der Waals surface area (Å²) in [5.74, 6) is 0.0972. The van der Waals surface area contributed by atoms with Crippen LogP contribution >= 0.6 is 11.3 Å². The number of rotatable bonds is 7. The number of thiazole rings is 1. The van der Waals surface area contributed by atoms with Gasteiger partial charge in [-0.3, -0.25) is 4.79 Å². The van der Waals surface area contributed by atoms with Crippen molar-refractivity contribution in [1.82, 2.24) is 15.6 Å². The standard InChI is InChI=1S/C12H21N3OS/c1-4-12-15-10(8-17-12)7-13-6-5-11(16)14-9(2)3/h8-9,13H,4-7H2,1-3H3,(H,14,16). The Hall–Kier alpha value is -0.940. The van der Waals surface area contributed by atoms with Gasteiger partial charge in [-0.15, -0.1) is 11.3 Å². The van der Waals surface area contributed by atoms with Crippen LogP contribution in [0.1, 0.15) is 37.9 Å². The van der Waals surface area contributed by atoms with Gasteiger partial charge in [0.15, 0.2) is 0 Å². The van der Waals surface area contributed by atoms with E-state index in [-0.39, 0.29) is 11.9 Å². The number of nitrogens with zero attached hydrogens (tertiary/aromatic N) is 1. The number of aromatic nitrogens is 1. The fraction of sp³-hybridized carbons (Fsp3) is 0.667. The van der Waals surface area contributed by atoms with E-state index in [2.05, 4.69) is 27.9 Å². The summed E-state index contributed by atoms with van der Waals surface area (Å²) in [5, 5.41) is 9.32. The molecular weight excluding hydrogens is 234 g/mol. The lowest BCUT2D eigenvalue weighted by Gasteiger charge is -2.08. The number of carbonyl (C=O) groups excluding carboxylic acids is 1. The van der Waals surface area contributed by atoms with Crippen LogP contribution in [-0.2, 0) is 17.8 Å². The highest BCUT2D eigenvalue weighted by molar-refractivity contribution is 7.09. The van der Waals surface area contributed by atoms with Crippen LogP contribution in [0.4, 0.5) is 0 Å². The number of amides is 1. The fourth-order valence-electron chi connectivity index (χ4n) is 1.41. The highest BCUT2D eigenvalue weighted by Crippen LogP contribution is 2.09. The molecule has 5 heteroatoms. The molecule has 0 aliphatic carbocycles. The number of hydrogen-bond donors (Lipinski definition) is 2. The zero-order valence-electron chi connectivity index (χ0n) is 10.7. The van der Waals surface area contributed by atoms with Crippen LogP contribution in [0.3, 0.4) is 0 Å². The van der Waals surface area contributed by atoms with Gasteiger partial charge in [0.1, 0.15) is 0 Å². The molecule has 1 aromatic rings. The number of hydrogen-bond acceptors (Lipinski definition) is 4. The van der Waals surface area contributed by atoms with E-state index >= 15 is 0 Å². The first-order valence-corrected chi connectivity index (χ1v) is 6.93. The second-order valence-corrected chi connectivity index (χ2v) is 5.18. The minimum absolute atomic E-state index is 0.0972. The Balaban J connectivity index is 2.13. The Labute approximate surface area is 107 Å². The summed E-state index contributed by atoms with van der Waals surface area (Å²) < 4.78 is 0. The molecule has 0 aliphatic rings. The molecule has 96 valence electrons. The molecule has 0 aliphatic heterocycles. The van der Waals surface area contributed by atoms with Gasteiger partial charge < -0.3 is 10.6 Å². The zero-order chi connectivity index (χ0) is 12.7. The first-order chi connectivity index (χ1) is 8.11. The average molecular weight is 255 g/mol. The molecule has 0 bridgehead atoms. The van der Waals surface area contributed by atoms with Crippen molar-refractivity contribution in [2.45, 2.75) is 46.2 Å². The zero-order valence-corrected chi connectivity index (χ0v) is 11.6. The lowest BCUT2D eigenvalue weighted by atomic mass is 10.3. The van der Waals surface area contributed by atoms with E-state index < -0.39 is 0 Å². The molecule has 0 unspecified atom stereocenters. The van der Waals surface area contributed by atoms with Gasteiger partial charge in [0, 0.05) is 30.9 Å². The Morgan fingerprint density at radius 1 is 1.53 bits per heavy atom. The van der Waals surface area contributed by atoms with Crippen LogP contribution in [0.5, 0.6) is 0 Å². The summed E-state index contributed by atoms with van der Waals surface area (Å²) in [6, 6.07) is 0.216. The molecular formula is C12H21N3OS. The first kappa shape index (κ1) is 14.1. The van der Waals surface area contributed by atoms with Gasteiger partial charge in [-0.05, 0) is 20.3 Å². The van der Waals surface area contributed by atoms with Crippen LogP contribution in [0, 0.1) is 0 Å². The number of aryl methyl sites for hydroxylation is 1. The van der Waals surface area contributed by atoms with Gasteiger partial charge in [0.2, 0.25) is 5.91 Å². The van der Waals surface area contributed by atoms with Crippen molar-refractivity contribution in [1.29, 1.82) is 0 Å². The topological polar surface area (TPSA) is 54.0 Å². The molecule has 0 spiro atoms. The molecule has 0 fully saturated rings. The summed E-state index contributed by atoms with van der Waals surface area (Å²) in [6.07, 6.45) is 1.50. The highest BCUT2D eigenvalue weighted by atomic mass is 32.1.